The van der Waals surface area contributed by atoms with Gasteiger partial charge in [-0.2, -0.15) is 0 Å². The molecule has 0 aliphatic heterocycles. The maximum atomic E-state index is 12.6. The summed E-state index contributed by atoms with van der Waals surface area (Å²) in [6.07, 6.45) is 1.68. The van der Waals surface area contributed by atoms with Crippen LogP contribution in [0.1, 0.15) is 24.2 Å². The van der Waals surface area contributed by atoms with Gasteiger partial charge in [-0.15, -0.1) is 0 Å². The number of carbonyl (C=O) groups is 2. The number of anilines is 2. The fraction of sp³-hybridized carbons (Fsp3) is 0.292. The van der Waals surface area contributed by atoms with Crippen LogP contribution in [0, 0.1) is 0 Å². The minimum atomic E-state index is -0.415. The molecule has 3 amide bonds. The Balaban J connectivity index is 1.65. The van der Waals surface area contributed by atoms with E-state index in [9.17, 15) is 9.59 Å². The lowest BCUT2D eigenvalue weighted by atomic mass is 10.1. The van der Waals surface area contributed by atoms with Gasteiger partial charge in [0.25, 0.3) is 5.91 Å². The number of benzene rings is 2. The first-order valence-corrected chi connectivity index (χ1v) is 10.7. The van der Waals surface area contributed by atoms with Crippen LogP contribution in [0.4, 0.5) is 16.2 Å². The summed E-state index contributed by atoms with van der Waals surface area (Å²) in [5.41, 5.74) is 2.24. The molecule has 0 unspecified atom stereocenters. The number of methoxy groups -OCH3 is 1. The summed E-state index contributed by atoms with van der Waals surface area (Å²) in [6.45, 7) is 7.38. The van der Waals surface area contributed by atoms with Gasteiger partial charge in [0.2, 0.25) is 0 Å². The van der Waals surface area contributed by atoms with E-state index in [1.165, 1.54) is 7.11 Å². The molecular weight excluding hydrogens is 406 g/mol. The summed E-state index contributed by atoms with van der Waals surface area (Å²) in [5, 5.41) is 9.44. The van der Waals surface area contributed by atoms with Gasteiger partial charge in [0.15, 0.2) is 0 Å². The van der Waals surface area contributed by atoms with Crippen molar-refractivity contribution in [2.24, 2.45) is 0 Å². The van der Waals surface area contributed by atoms with Crippen LogP contribution in [0.2, 0.25) is 0 Å². The van der Waals surface area contributed by atoms with Gasteiger partial charge in [-0.3, -0.25) is 9.78 Å². The first-order valence-electron chi connectivity index (χ1n) is 10.7. The second-order valence-corrected chi connectivity index (χ2v) is 7.16. The monoisotopic (exact) mass is 435 g/mol. The molecule has 8 nitrogen and oxygen atoms in total. The minimum Gasteiger partial charge on any atom is -0.496 e. The maximum absolute atomic E-state index is 12.6. The largest absolute Gasteiger partial charge is 0.496 e. The molecule has 1 heterocycles. The number of hydrogen-bond acceptors (Lipinski definition) is 5. The van der Waals surface area contributed by atoms with E-state index in [2.05, 4.69) is 39.7 Å². The number of aromatic nitrogens is 1. The SMILES string of the molecule is CCN(CC)CCNC(=O)c1ccc(NC(=O)Nc2cccc3cccnc23)cc1OC. The van der Waals surface area contributed by atoms with Gasteiger partial charge in [0, 0.05) is 36.4 Å². The maximum Gasteiger partial charge on any atom is 0.323 e. The van der Waals surface area contributed by atoms with Crippen molar-refractivity contribution >= 4 is 34.2 Å². The van der Waals surface area contributed by atoms with Crippen molar-refractivity contribution in [3.05, 3.63) is 60.3 Å². The van der Waals surface area contributed by atoms with Gasteiger partial charge in [-0.05, 0) is 37.4 Å². The van der Waals surface area contributed by atoms with Crippen LogP contribution >= 0.6 is 0 Å². The normalized spacial score (nSPS) is 10.8. The van der Waals surface area contributed by atoms with E-state index in [0.29, 0.717) is 34.7 Å². The van der Waals surface area contributed by atoms with Gasteiger partial charge in [0.05, 0.1) is 23.9 Å². The lowest BCUT2D eigenvalue weighted by Crippen LogP contribution is -2.34. The Kier molecular flexibility index (Phi) is 7.99. The van der Waals surface area contributed by atoms with Crippen molar-refractivity contribution in [3.63, 3.8) is 0 Å². The van der Waals surface area contributed by atoms with Crippen LogP contribution in [0.5, 0.6) is 5.75 Å². The highest BCUT2D eigenvalue weighted by atomic mass is 16.5. The number of hydrogen-bond donors (Lipinski definition) is 3. The Hall–Kier alpha value is -3.65. The summed E-state index contributed by atoms with van der Waals surface area (Å²) in [6, 6.07) is 13.9. The summed E-state index contributed by atoms with van der Waals surface area (Å²) < 4.78 is 5.38. The average molecular weight is 436 g/mol. The molecule has 0 saturated heterocycles. The van der Waals surface area contributed by atoms with E-state index in [-0.39, 0.29) is 5.91 Å². The predicted octanol–water partition coefficient (Wildman–Crippen LogP) is 3.96. The number of fused-ring (bicyclic) bond motifs is 1. The van der Waals surface area contributed by atoms with Crippen LogP contribution in [-0.2, 0) is 0 Å². The molecule has 0 radical (unpaired) electrons. The quantitative estimate of drug-likeness (QED) is 0.473. The second kappa shape index (κ2) is 11.1. The molecule has 0 aliphatic rings. The third-order valence-electron chi connectivity index (χ3n) is 5.19. The fourth-order valence-corrected chi connectivity index (χ4v) is 3.41. The Morgan fingerprint density at radius 3 is 2.56 bits per heavy atom. The number of ether oxygens (including phenoxy) is 1. The second-order valence-electron chi connectivity index (χ2n) is 7.16. The number of nitrogens with one attached hydrogen (secondary N) is 3. The molecule has 0 bridgehead atoms. The van der Waals surface area contributed by atoms with Crippen LogP contribution in [-0.4, -0.2) is 55.1 Å². The van der Waals surface area contributed by atoms with Crippen molar-refractivity contribution in [1.29, 1.82) is 0 Å². The lowest BCUT2D eigenvalue weighted by Gasteiger charge is -2.18. The van der Waals surface area contributed by atoms with Crippen LogP contribution in [0.3, 0.4) is 0 Å². The molecule has 3 aromatic rings. The summed E-state index contributed by atoms with van der Waals surface area (Å²) in [4.78, 5) is 31.7. The zero-order valence-corrected chi connectivity index (χ0v) is 18.6. The van der Waals surface area contributed by atoms with Crippen molar-refractivity contribution in [2.45, 2.75) is 13.8 Å². The number of carbonyl (C=O) groups excluding carboxylic acids is 2. The van der Waals surface area contributed by atoms with Gasteiger partial charge >= 0.3 is 6.03 Å². The summed E-state index contributed by atoms with van der Waals surface area (Å²) >= 11 is 0. The number of nitrogens with zero attached hydrogens (tertiary/aromatic N) is 2. The van der Waals surface area contributed by atoms with E-state index in [0.717, 1.165) is 25.0 Å². The zero-order valence-electron chi connectivity index (χ0n) is 18.6. The average Bonchev–Trinajstić information content (AvgIpc) is 2.81. The molecule has 8 heteroatoms. The molecule has 1 aromatic heterocycles. The fourth-order valence-electron chi connectivity index (χ4n) is 3.41. The van der Waals surface area contributed by atoms with E-state index >= 15 is 0 Å². The molecule has 0 aliphatic carbocycles. The Morgan fingerprint density at radius 1 is 1.03 bits per heavy atom. The number of likely N-dealkylation sites (N-methyl/N-ethyl adjacent to an activating group) is 1. The topological polar surface area (TPSA) is 95.6 Å². The van der Waals surface area contributed by atoms with Gasteiger partial charge < -0.3 is 25.6 Å². The molecule has 0 fully saturated rings. The number of pyridine rings is 1. The molecule has 32 heavy (non-hydrogen) atoms. The third kappa shape index (κ3) is 5.73. The molecule has 2 aromatic carbocycles. The van der Waals surface area contributed by atoms with Crippen LogP contribution < -0.4 is 20.7 Å². The summed E-state index contributed by atoms with van der Waals surface area (Å²) in [5.74, 6) is 0.168. The molecular formula is C24H29N5O3. The van der Waals surface area contributed by atoms with E-state index in [1.54, 1.807) is 30.5 Å². The molecule has 0 spiro atoms. The van der Waals surface area contributed by atoms with Crippen LogP contribution in [0.15, 0.2) is 54.7 Å². The summed E-state index contributed by atoms with van der Waals surface area (Å²) in [7, 11) is 1.49. The highest BCUT2D eigenvalue weighted by molar-refractivity contribution is 6.05. The van der Waals surface area contributed by atoms with Crippen molar-refractivity contribution in [2.75, 3.05) is 43.9 Å². The van der Waals surface area contributed by atoms with Gasteiger partial charge in [-0.1, -0.05) is 32.0 Å². The van der Waals surface area contributed by atoms with Gasteiger partial charge in [0.1, 0.15) is 5.75 Å². The zero-order chi connectivity index (χ0) is 22.9. The van der Waals surface area contributed by atoms with Crippen LogP contribution in [0.25, 0.3) is 10.9 Å². The molecule has 168 valence electrons. The molecule has 0 atom stereocenters. The first kappa shape index (κ1) is 23.0. The van der Waals surface area contributed by atoms with Crippen molar-refractivity contribution in [3.8, 4) is 5.75 Å². The Bertz CT molecular complexity index is 1080. The van der Waals surface area contributed by atoms with E-state index in [4.69, 9.17) is 4.74 Å². The van der Waals surface area contributed by atoms with Gasteiger partial charge in [-0.25, -0.2) is 4.79 Å². The number of rotatable bonds is 9. The lowest BCUT2D eigenvalue weighted by molar-refractivity contribution is 0.0946. The molecule has 0 saturated carbocycles. The van der Waals surface area contributed by atoms with Crippen molar-refractivity contribution < 1.29 is 14.3 Å². The number of para-hydroxylation sites is 1. The first-order chi connectivity index (χ1) is 15.5. The highest BCUT2D eigenvalue weighted by Crippen LogP contribution is 2.24. The van der Waals surface area contributed by atoms with E-state index in [1.807, 2.05) is 24.3 Å². The molecule has 3 N–H and O–H groups in total. The standard InChI is InChI=1S/C24H29N5O3/c1-4-29(5-2)15-14-26-23(30)19-12-11-18(16-21(19)32-3)27-24(31)28-20-10-6-8-17-9-7-13-25-22(17)20/h6-13,16H,4-5,14-15H2,1-3H3,(H,26,30)(H2,27,28,31). The third-order valence-corrected chi connectivity index (χ3v) is 5.19. The number of amides is 3. The Labute approximate surface area is 188 Å². The smallest absolute Gasteiger partial charge is 0.323 e. The molecule has 3 rings (SSSR count). The highest BCUT2D eigenvalue weighted by Gasteiger charge is 2.14. The Morgan fingerprint density at radius 2 is 1.81 bits per heavy atom. The number of urea groups is 1. The van der Waals surface area contributed by atoms with Crippen molar-refractivity contribution in [1.82, 2.24) is 15.2 Å². The van der Waals surface area contributed by atoms with E-state index < -0.39 is 6.03 Å². The predicted molar refractivity (Wildman–Crippen MR) is 127 cm³/mol. The minimum absolute atomic E-state index is 0.216.